The summed E-state index contributed by atoms with van der Waals surface area (Å²) in [6, 6.07) is 2.38. The van der Waals surface area contributed by atoms with E-state index in [1.54, 1.807) is 0 Å². The minimum absolute atomic E-state index is 0.00324. The molecule has 0 bridgehead atoms. The van der Waals surface area contributed by atoms with Crippen molar-refractivity contribution in [1.82, 2.24) is 14.8 Å². The molecule has 19 heavy (non-hydrogen) atoms. The second-order valence-electron chi connectivity index (χ2n) is 3.54. The van der Waals surface area contributed by atoms with Crippen LogP contribution in [0.15, 0.2) is 30.6 Å². The second kappa shape index (κ2) is 4.25. The van der Waals surface area contributed by atoms with Crippen molar-refractivity contribution in [3.05, 3.63) is 42.0 Å². The third-order valence-electron chi connectivity index (χ3n) is 2.18. The molecule has 0 saturated carbocycles. The van der Waals surface area contributed by atoms with E-state index in [-0.39, 0.29) is 5.69 Å². The van der Waals surface area contributed by atoms with E-state index >= 15 is 0 Å². The van der Waals surface area contributed by atoms with E-state index in [4.69, 9.17) is 0 Å². The number of hydrogen-bond acceptors (Lipinski definition) is 2. The van der Waals surface area contributed by atoms with Crippen LogP contribution in [0.5, 0.6) is 0 Å². The average Bonchev–Trinajstić information content (AvgIpc) is 2.77. The zero-order valence-corrected chi connectivity index (χ0v) is 9.00. The lowest BCUT2D eigenvalue weighted by Gasteiger charge is -2.06. The molecule has 0 aliphatic rings. The molecule has 0 N–H and O–H groups in total. The molecule has 0 spiro atoms. The highest BCUT2D eigenvalue weighted by Gasteiger charge is 2.34. The predicted octanol–water partition coefficient (Wildman–Crippen LogP) is 3.30. The fourth-order valence-corrected chi connectivity index (χ4v) is 1.31. The number of hydrogen-bond donors (Lipinski definition) is 0. The van der Waals surface area contributed by atoms with Gasteiger partial charge in [0.05, 0.1) is 11.9 Å². The Kier molecular flexibility index (Phi) is 2.99. The summed E-state index contributed by atoms with van der Waals surface area (Å²) in [5.41, 5.74) is -2.25. The first kappa shape index (κ1) is 13.4. The summed E-state index contributed by atoms with van der Waals surface area (Å²) in [7, 11) is 0. The second-order valence-corrected chi connectivity index (χ2v) is 3.54. The molecule has 2 rings (SSSR count). The highest BCUT2D eigenvalue weighted by molar-refractivity contribution is 5.30. The molecule has 2 heterocycles. The summed E-state index contributed by atoms with van der Waals surface area (Å²) in [5.74, 6) is 0. The van der Waals surface area contributed by atoms with Crippen LogP contribution in [-0.4, -0.2) is 14.8 Å². The van der Waals surface area contributed by atoms with Crippen LogP contribution in [0.25, 0.3) is 5.69 Å². The van der Waals surface area contributed by atoms with Gasteiger partial charge < -0.3 is 0 Å². The van der Waals surface area contributed by atoms with E-state index in [0.29, 0.717) is 6.07 Å². The maximum absolute atomic E-state index is 12.3. The average molecular weight is 281 g/mol. The first-order valence-electron chi connectivity index (χ1n) is 4.84. The fourth-order valence-electron chi connectivity index (χ4n) is 1.31. The number of pyridine rings is 1. The molecular weight excluding hydrogens is 276 g/mol. The van der Waals surface area contributed by atoms with Gasteiger partial charge in [0.1, 0.15) is 5.69 Å². The number of rotatable bonds is 1. The Morgan fingerprint density at radius 3 is 1.89 bits per heavy atom. The molecule has 0 aliphatic heterocycles. The predicted molar refractivity (Wildman–Crippen MR) is 51.4 cm³/mol. The van der Waals surface area contributed by atoms with Gasteiger partial charge in [-0.15, -0.1) is 0 Å². The van der Waals surface area contributed by atoms with E-state index < -0.39 is 23.7 Å². The largest absolute Gasteiger partial charge is 0.435 e. The Hall–Kier alpha value is -2.06. The molecule has 2 aromatic heterocycles. The lowest BCUT2D eigenvalue weighted by molar-refractivity contribution is -0.141. The third-order valence-corrected chi connectivity index (χ3v) is 2.18. The van der Waals surface area contributed by atoms with Gasteiger partial charge in [-0.2, -0.15) is 31.4 Å². The normalized spacial score (nSPS) is 12.7. The summed E-state index contributed by atoms with van der Waals surface area (Å²) in [6.07, 6.45) is -7.41. The van der Waals surface area contributed by atoms with Gasteiger partial charge in [0.2, 0.25) is 0 Å². The van der Waals surface area contributed by atoms with Gasteiger partial charge in [-0.1, -0.05) is 0 Å². The quantitative estimate of drug-likeness (QED) is 0.751. The van der Waals surface area contributed by atoms with Crippen molar-refractivity contribution in [3.63, 3.8) is 0 Å². The first-order chi connectivity index (χ1) is 8.68. The number of aromatic nitrogens is 3. The van der Waals surface area contributed by atoms with Gasteiger partial charge in [-0.3, -0.25) is 0 Å². The molecule has 102 valence electrons. The molecule has 0 amide bonds. The van der Waals surface area contributed by atoms with Gasteiger partial charge in [-0.25, -0.2) is 9.67 Å². The molecule has 0 saturated heterocycles. The Labute approximate surface area is 102 Å². The van der Waals surface area contributed by atoms with Crippen molar-refractivity contribution >= 4 is 0 Å². The zero-order valence-electron chi connectivity index (χ0n) is 9.00. The summed E-state index contributed by atoms with van der Waals surface area (Å²) >= 11 is 0. The van der Waals surface area contributed by atoms with E-state index in [2.05, 4.69) is 10.1 Å². The van der Waals surface area contributed by atoms with Crippen molar-refractivity contribution in [2.75, 3.05) is 0 Å². The van der Waals surface area contributed by atoms with Crippen LogP contribution in [0.3, 0.4) is 0 Å². The molecule has 0 aliphatic carbocycles. The van der Waals surface area contributed by atoms with Gasteiger partial charge >= 0.3 is 12.4 Å². The molecule has 2 aromatic rings. The maximum atomic E-state index is 12.3. The van der Waals surface area contributed by atoms with Gasteiger partial charge in [0.25, 0.3) is 0 Å². The highest BCUT2D eigenvalue weighted by Crippen LogP contribution is 2.29. The van der Waals surface area contributed by atoms with Crippen LogP contribution < -0.4 is 0 Å². The summed E-state index contributed by atoms with van der Waals surface area (Å²) in [6.45, 7) is 0. The van der Waals surface area contributed by atoms with Gasteiger partial charge in [-0.05, 0) is 18.2 Å². The van der Waals surface area contributed by atoms with Gasteiger partial charge in [0.15, 0.2) is 5.69 Å². The lowest BCUT2D eigenvalue weighted by atomic mass is 10.3. The lowest BCUT2D eigenvalue weighted by Crippen LogP contribution is -2.09. The van der Waals surface area contributed by atoms with E-state index in [9.17, 15) is 26.3 Å². The standard InChI is InChI=1S/C10H5F6N3/c11-9(12,13)7-2-1-6(5-17-7)19-4-3-8(18-19)10(14,15)16/h1-5H. The van der Waals surface area contributed by atoms with Crippen molar-refractivity contribution in [3.8, 4) is 5.69 Å². The minimum Gasteiger partial charge on any atom is -0.250 e. The molecule has 0 aromatic carbocycles. The van der Waals surface area contributed by atoms with Crippen LogP contribution in [-0.2, 0) is 12.4 Å². The first-order valence-corrected chi connectivity index (χ1v) is 4.84. The minimum atomic E-state index is -4.61. The Balaban J connectivity index is 2.31. The third kappa shape index (κ3) is 2.85. The number of halogens is 6. The molecule has 0 unspecified atom stereocenters. The van der Waals surface area contributed by atoms with Crippen LogP contribution in [0.1, 0.15) is 11.4 Å². The fraction of sp³-hybridized carbons (Fsp3) is 0.200. The Morgan fingerprint density at radius 2 is 1.47 bits per heavy atom. The van der Waals surface area contributed by atoms with Crippen LogP contribution in [0, 0.1) is 0 Å². The maximum Gasteiger partial charge on any atom is 0.435 e. The Morgan fingerprint density at radius 1 is 0.842 bits per heavy atom. The zero-order chi connectivity index (χ0) is 14.3. The monoisotopic (exact) mass is 281 g/mol. The Bertz CT molecular complexity index is 566. The molecule has 0 radical (unpaired) electrons. The van der Waals surface area contributed by atoms with E-state index in [0.717, 1.165) is 29.2 Å². The molecule has 9 heteroatoms. The van der Waals surface area contributed by atoms with Crippen LogP contribution in [0.4, 0.5) is 26.3 Å². The smallest absolute Gasteiger partial charge is 0.250 e. The number of alkyl halides is 6. The highest BCUT2D eigenvalue weighted by atomic mass is 19.4. The summed E-state index contributed by atoms with van der Waals surface area (Å²) in [4.78, 5) is 3.13. The molecule has 3 nitrogen and oxygen atoms in total. The number of nitrogens with zero attached hydrogens (tertiary/aromatic N) is 3. The molecule has 0 atom stereocenters. The van der Waals surface area contributed by atoms with Crippen molar-refractivity contribution < 1.29 is 26.3 Å². The van der Waals surface area contributed by atoms with Crippen molar-refractivity contribution in [1.29, 1.82) is 0 Å². The van der Waals surface area contributed by atoms with Crippen molar-refractivity contribution in [2.24, 2.45) is 0 Å². The summed E-state index contributed by atoms with van der Waals surface area (Å²) in [5, 5.41) is 3.21. The molecular formula is C10H5F6N3. The SMILES string of the molecule is FC(F)(F)c1ccc(-n2ccc(C(F)(F)F)n2)cn1. The topological polar surface area (TPSA) is 30.7 Å². The van der Waals surface area contributed by atoms with Gasteiger partial charge in [0, 0.05) is 6.20 Å². The molecule has 0 fully saturated rings. The van der Waals surface area contributed by atoms with Crippen LogP contribution in [0.2, 0.25) is 0 Å². The summed E-state index contributed by atoms with van der Waals surface area (Å²) < 4.78 is 74.4. The van der Waals surface area contributed by atoms with E-state index in [1.807, 2.05) is 0 Å². The van der Waals surface area contributed by atoms with Crippen molar-refractivity contribution in [2.45, 2.75) is 12.4 Å². The van der Waals surface area contributed by atoms with Crippen LogP contribution >= 0.6 is 0 Å². The van der Waals surface area contributed by atoms with E-state index in [1.165, 1.54) is 0 Å².